The van der Waals surface area contributed by atoms with Gasteiger partial charge in [0.15, 0.2) is 5.75 Å². The zero-order valence-electron chi connectivity index (χ0n) is 11.4. The number of primary amides is 1. The van der Waals surface area contributed by atoms with Crippen LogP contribution in [0.3, 0.4) is 0 Å². The quantitative estimate of drug-likeness (QED) is 0.730. The monoisotopic (exact) mass is 399 g/mol. The molecule has 2 aromatic carbocycles. The fourth-order valence-electron chi connectivity index (χ4n) is 1.76. The Bertz CT molecular complexity index is 709. The topological polar surface area (TPSA) is 52.3 Å². The number of benzene rings is 2. The van der Waals surface area contributed by atoms with Crippen LogP contribution in [-0.4, -0.2) is 5.91 Å². The van der Waals surface area contributed by atoms with Gasteiger partial charge in [-0.3, -0.25) is 4.79 Å². The van der Waals surface area contributed by atoms with E-state index < -0.39 is 5.91 Å². The van der Waals surface area contributed by atoms with Gasteiger partial charge < -0.3 is 10.5 Å². The third kappa shape index (κ3) is 4.50. The fourth-order valence-corrected chi connectivity index (χ4v) is 2.94. The molecule has 0 saturated heterocycles. The average molecular weight is 401 g/mol. The van der Waals surface area contributed by atoms with Crippen molar-refractivity contribution < 1.29 is 9.53 Å². The van der Waals surface area contributed by atoms with E-state index in [4.69, 9.17) is 33.7 Å². The summed E-state index contributed by atoms with van der Waals surface area (Å²) in [6.07, 6.45) is 2.85. The van der Waals surface area contributed by atoms with Gasteiger partial charge in [0, 0.05) is 16.7 Å². The van der Waals surface area contributed by atoms with Crippen LogP contribution in [0.1, 0.15) is 11.1 Å². The summed E-state index contributed by atoms with van der Waals surface area (Å²) < 4.78 is 6.41. The van der Waals surface area contributed by atoms with Crippen molar-refractivity contribution >= 4 is 51.1 Å². The molecule has 6 heteroatoms. The number of carbonyl (C=O) groups excluding carboxylic acids is 1. The molecule has 22 heavy (non-hydrogen) atoms. The van der Waals surface area contributed by atoms with E-state index in [1.54, 1.807) is 24.3 Å². The summed E-state index contributed by atoms with van der Waals surface area (Å²) in [5.41, 5.74) is 6.67. The lowest BCUT2D eigenvalue weighted by atomic mass is 10.2. The zero-order valence-corrected chi connectivity index (χ0v) is 14.5. The van der Waals surface area contributed by atoms with Crippen molar-refractivity contribution in [3.63, 3.8) is 0 Å². The smallest absolute Gasteiger partial charge is 0.241 e. The first kappa shape index (κ1) is 16.9. The molecule has 2 N–H and O–H groups in total. The minimum Gasteiger partial charge on any atom is -0.486 e. The van der Waals surface area contributed by atoms with Gasteiger partial charge >= 0.3 is 0 Å². The standard InChI is InChI=1S/C16H12BrCl2NO2/c17-12-7-10(5-6-15(20)21)8-14(19)16(12)22-9-11-3-1-2-4-13(11)18/h1-8H,9H2,(H2,20,21)/b6-5+. The van der Waals surface area contributed by atoms with Crippen LogP contribution in [0.2, 0.25) is 10.0 Å². The number of rotatable bonds is 5. The SMILES string of the molecule is NC(=O)/C=C/c1cc(Cl)c(OCc2ccccc2Cl)c(Br)c1. The van der Waals surface area contributed by atoms with Crippen molar-refractivity contribution in [3.05, 3.63) is 68.1 Å². The molecule has 0 spiro atoms. The molecule has 0 unspecified atom stereocenters. The van der Waals surface area contributed by atoms with E-state index in [-0.39, 0.29) is 0 Å². The molecule has 0 aliphatic carbocycles. The number of hydrogen-bond acceptors (Lipinski definition) is 2. The normalized spacial score (nSPS) is 10.9. The van der Waals surface area contributed by atoms with Gasteiger partial charge in [0.2, 0.25) is 5.91 Å². The van der Waals surface area contributed by atoms with Crippen LogP contribution >= 0.6 is 39.1 Å². The second-order valence-corrected chi connectivity index (χ2v) is 6.10. The Morgan fingerprint density at radius 3 is 2.59 bits per heavy atom. The Kier molecular flexibility index (Phi) is 5.89. The summed E-state index contributed by atoms with van der Waals surface area (Å²) in [4.78, 5) is 10.8. The summed E-state index contributed by atoms with van der Waals surface area (Å²) in [7, 11) is 0. The molecule has 0 atom stereocenters. The molecule has 1 amide bonds. The number of halogens is 3. The summed E-state index contributed by atoms with van der Waals surface area (Å²) in [5, 5.41) is 1.06. The van der Waals surface area contributed by atoms with Crippen LogP contribution < -0.4 is 10.5 Å². The molecule has 0 aromatic heterocycles. The van der Waals surface area contributed by atoms with Crippen molar-refractivity contribution in [2.24, 2.45) is 5.73 Å². The van der Waals surface area contributed by atoms with E-state index in [9.17, 15) is 4.79 Å². The third-order valence-electron chi connectivity index (χ3n) is 2.79. The van der Waals surface area contributed by atoms with Crippen molar-refractivity contribution in [1.29, 1.82) is 0 Å². The van der Waals surface area contributed by atoms with Gasteiger partial charge in [-0.25, -0.2) is 0 Å². The number of carbonyl (C=O) groups is 1. The fraction of sp³-hybridized carbons (Fsp3) is 0.0625. The molecule has 3 nitrogen and oxygen atoms in total. The molecule has 0 aliphatic rings. The van der Waals surface area contributed by atoms with Gasteiger partial charge in [-0.05, 0) is 45.8 Å². The van der Waals surface area contributed by atoms with Gasteiger partial charge in [-0.2, -0.15) is 0 Å². The lowest BCUT2D eigenvalue weighted by Gasteiger charge is -2.12. The molecule has 0 heterocycles. The van der Waals surface area contributed by atoms with Crippen LogP contribution in [0.4, 0.5) is 0 Å². The Balaban J connectivity index is 2.18. The van der Waals surface area contributed by atoms with E-state index >= 15 is 0 Å². The molecular formula is C16H12BrCl2NO2. The highest BCUT2D eigenvalue weighted by Crippen LogP contribution is 2.35. The Morgan fingerprint density at radius 2 is 1.95 bits per heavy atom. The third-order valence-corrected chi connectivity index (χ3v) is 4.03. The van der Waals surface area contributed by atoms with Gasteiger partial charge in [-0.1, -0.05) is 41.4 Å². The summed E-state index contributed by atoms with van der Waals surface area (Å²) in [6, 6.07) is 10.9. The number of nitrogens with two attached hydrogens (primary N) is 1. The first-order valence-electron chi connectivity index (χ1n) is 6.30. The Morgan fingerprint density at radius 1 is 1.23 bits per heavy atom. The predicted octanol–water partition coefficient (Wildman–Crippen LogP) is 4.83. The van der Waals surface area contributed by atoms with E-state index in [1.807, 2.05) is 18.2 Å². The maximum Gasteiger partial charge on any atom is 0.241 e. The van der Waals surface area contributed by atoms with Crippen molar-refractivity contribution in [2.45, 2.75) is 6.61 Å². The molecule has 0 fully saturated rings. The van der Waals surface area contributed by atoms with Crippen LogP contribution in [0.5, 0.6) is 5.75 Å². The average Bonchev–Trinajstić information content (AvgIpc) is 2.46. The second-order valence-electron chi connectivity index (χ2n) is 4.43. The number of hydrogen-bond donors (Lipinski definition) is 1. The highest BCUT2D eigenvalue weighted by Gasteiger charge is 2.10. The molecule has 0 saturated carbocycles. The minimum atomic E-state index is -0.522. The summed E-state index contributed by atoms with van der Waals surface area (Å²) in [5.74, 6) is -0.0101. The second kappa shape index (κ2) is 7.68. The lowest BCUT2D eigenvalue weighted by Crippen LogP contribution is -2.05. The summed E-state index contributed by atoms with van der Waals surface area (Å²) in [6.45, 7) is 0.300. The van der Waals surface area contributed by atoms with E-state index in [0.29, 0.717) is 26.9 Å². The Hall–Kier alpha value is -1.49. The van der Waals surface area contributed by atoms with Gasteiger partial charge in [0.1, 0.15) is 6.61 Å². The van der Waals surface area contributed by atoms with Crippen LogP contribution in [0.25, 0.3) is 6.08 Å². The Labute approximate surface area is 146 Å². The van der Waals surface area contributed by atoms with Crippen molar-refractivity contribution in [1.82, 2.24) is 0 Å². The molecule has 0 bridgehead atoms. The number of amides is 1. The molecule has 114 valence electrons. The molecule has 0 aliphatic heterocycles. The maximum atomic E-state index is 10.8. The van der Waals surface area contributed by atoms with E-state index in [1.165, 1.54) is 6.08 Å². The highest BCUT2D eigenvalue weighted by molar-refractivity contribution is 9.10. The minimum absolute atomic E-state index is 0.300. The van der Waals surface area contributed by atoms with Crippen molar-refractivity contribution in [3.8, 4) is 5.75 Å². The molecule has 2 aromatic rings. The highest BCUT2D eigenvalue weighted by atomic mass is 79.9. The van der Waals surface area contributed by atoms with E-state index in [0.717, 1.165) is 11.1 Å². The van der Waals surface area contributed by atoms with Gasteiger partial charge in [0.25, 0.3) is 0 Å². The zero-order chi connectivity index (χ0) is 16.1. The molecular weight excluding hydrogens is 389 g/mol. The first-order valence-corrected chi connectivity index (χ1v) is 7.85. The van der Waals surface area contributed by atoms with Gasteiger partial charge in [0.05, 0.1) is 9.50 Å². The van der Waals surface area contributed by atoms with Crippen LogP contribution in [-0.2, 0) is 11.4 Å². The maximum absolute atomic E-state index is 10.8. The molecule has 2 rings (SSSR count). The van der Waals surface area contributed by atoms with Crippen LogP contribution in [0, 0.1) is 0 Å². The van der Waals surface area contributed by atoms with E-state index in [2.05, 4.69) is 15.9 Å². The summed E-state index contributed by atoms with van der Waals surface area (Å²) >= 11 is 15.7. The lowest BCUT2D eigenvalue weighted by molar-refractivity contribution is -0.113. The first-order chi connectivity index (χ1) is 10.5. The van der Waals surface area contributed by atoms with Crippen LogP contribution in [0.15, 0.2) is 46.9 Å². The van der Waals surface area contributed by atoms with Gasteiger partial charge in [-0.15, -0.1) is 0 Å². The largest absolute Gasteiger partial charge is 0.486 e. The molecule has 0 radical (unpaired) electrons. The van der Waals surface area contributed by atoms with Crippen molar-refractivity contribution in [2.75, 3.05) is 0 Å². The predicted molar refractivity (Wildman–Crippen MR) is 93.2 cm³/mol. The number of ether oxygens (including phenoxy) is 1.